The van der Waals surface area contributed by atoms with Gasteiger partial charge in [0.05, 0.1) is 0 Å². The van der Waals surface area contributed by atoms with Crippen molar-refractivity contribution in [2.75, 3.05) is 27.8 Å². The molecule has 1 unspecified atom stereocenters. The van der Waals surface area contributed by atoms with Crippen molar-refractivity contribution in [1.82, 2.24) is 4.90 Å². The zero-order chi connectivity index (χ0) is 7.28. The molecule has 0 N–H and O–H groups in total. The number of methoxy groups -OCH3 is 1. The van der Waals surface area contributed by atoms with Crippen LogP contribution in [0.5, 0.6) is 0 Å². The SMILES string of the molecule is CCOC(OC)N(C)C. The van der Waals surface area contributed by atoms with Crippen LogP contribution in [0.4, 0.5) is 0 Å². The molecule has 56 valence electrons. The Hall–Kier alpha value is -0.120. The predicted octanol–water partition coefficient (Wildman–Crippen LogP) is 0.514. The number of ether oxygens (including phenoxy) is 2. The number of hydrogen-bond acceptors (Lipinski definition) is 3. The normalized spacial score (nSPS) is 14.3. The third-order valence-corrected chi connectivity index (χ3v) is 0.933. The Morgan fingerprint density at radius 1 is 1.44 bits per heavy atom. The van der Waals surface area contributed by atoms with Crippen LogP contribution < -0.4 is 0 Å². The topological polar surface area (TPSA) is 21.7 Å². The minimum atomic E-state index is -0.199. The Labute approximate surface area is 56.6 Å². The maximum Gasteiger partial charge on any atom is 0.217 e. The molecule has 3 heteroatoms. The zero-order valence-corrected chi connectivity index (χ0v) is 6.55. The first-order valence-electron chi connectivity index (χ1n) is 3.03. The lowest BCUT2D eigenvalue weighted by Crippen LogP contribution is -2.32. The van der Waals surface area contributed by atoms with Gasteiger partial charge in [0.2, 0.25) is 6.41 Å². The molecule has 0 aromatic rings. The van der Waals surface area contributed by atoms with E-state index in [1.54, 1.807) is 7.11 Å². The molecule has 9 heavy (non-hydrogen) atoms. The summed E-state index contributed by atoms with van der Waals surface area (Å²) >= 11 is 0. The van der Waals surface area contributed by atoms with Crippen LogP contribution in [0.2, 0.25) is 0 Å². The smallest absolute Gasteiger partial charge is 0.217 e. The molecule has 0 radical (unpaired) electrons. The first-order valence-corrected chi connectivity index (χ1v) is 3.03. The fourth-order valence-electron chi connectivity index (χ4n) is 0.571. The fourth-order valence-corrected chi connectivity index (χ4v) is 0.571. The van der Waals surface area contributed by atoms with Crippen LogP contribution in [0.1, 0.15) is 6.92 Å². The van der Waals surface area contributed by atoms with Gasteiger partial charge in [0.15, 0.2) is 0 Å². The molecule has 0 heterocycles. The summed E-state index contributed by atoms with van der Waals surface area (Å²) in [5.74, 6) is 0. The average molecular weight is 133 g/mol. The van der Waals surface area contributed by atoms with Crippen LogP contribution >= 0.6 is 0 Å². The zero-order valence-electron chi connectivity index (χ0n) is 6.55. The van der Waals surface area contributed by atoms with Crippen molar-refractivity contribution in [1.29, 1.82) is 0 Å². The first-order chi connectivity index (χ1) is 4.22. The summed E-state index contributed by atoms with van der Waals surface area (Å²) in [4.78, 5) is 1.86. The van der Waals surface area contributed by atoms with Gasteiger partial charge in [-0.1, -0.05) is 0 Å². The molecule has 0 aliphatic carbocycles. The van der Waals surface area contributed by atoms with Crippen molar-refractivity contribution in [3.8, 4) is 0 Å². The highest BCUT2D eigenvalue weighted by atomic mass is 16.7. The molecular formula is C6H15NO2. The summed E-state index contributed by atoms with van der Waals surface area (Å²) in [6.45, 7) is 2.62. The lowest BCUT2D eigenvalue weighted by atomic mass is 10.8. The van der Waals surface area contributed by atoms with E-state index in [9.17, 15) is 0 Å². The molecule has 0 rings (SSSR count). The molecular weight excluding hydrogens is 118 g/mol. The van der Waals surface area contributed by atoms with E-state index >= 15 is 0 Å². The van der Waals surface area contributed by atoms with Crippen LogP contribution in [0.15, 0.2) is 0 Å². The molecule has 0 aliphatic heterocycles. The third kappa shape index (κ3) is 3.46. The predicted molar refractivity (Wildman–Crippen MR) is 36.1 cm³/mol. The Bertz CT molecular complexity index is 66.1. The van der Waals surface area contributed by atoms with Crippen molar-refractivity contribution in [3.63, 3.8) is 0 Å². The van der Waals surface area contributed by atoms with E-state index in [0.717, 1.165) is 0 Å². The van der Waals surface area contributed by atoms with Gasteiger partial charge in [-0.2, -0.15) is 0 Å². The maximum absolute atomic E-state index is 5.16. The van der Waals surface area contributed by atoms with Gasteiger partial charge in [-0.3, -0.25) is 4.90 Å². The number of hydrogen-bond donors (Lipinski definition) is 0. The molecule has 0 saturated heterocycles. The van der Waals surface area contributed by atoms with Crippen molar-refractivity contribution in [2.24, 2.45) is 0 Å². The Morgan fingerprint density at radius 3 is 2.11 bits per heavy atom. The van der Waals surface area contributed by atoms with E-state index in [1.165, 1.54) is 0 Å². The second-order valence-electron chi connectivity index (χ2n) is 1.96. The molecule has 3 nitrogen and oxygen atoms in total. The van der Waals surface area contributed by atoms with Gasteiger partial charge in [0.25, 0.3) is 0 Å². The minimum absolute atomic E-state index is 0.199. The lowest BCUT2D eigenvalue weighted by Gasteiger charge is -2.21. The van der Waals surface area contributed by atoms with Gasteiger partial charge in [0, 0.05) is 13.7 Å². The van der Waals surface area contributed by atoms with Gasteiger partial charge < -0.3 is 9.47 Å². The van der Waals surface area contributed by atoms with E-state index in [-0.39, 0.29) is 6.41 Å². The standard InChI is InChI=1S/C6H15NO2/c1-5-9-6(8-4)7(2)3/h6H,5H2,1-4H3. The van der Waals surface area contributed by atoms with Crippen molar-refractivity contribution in [2.45, 2.75) is 13.3 Å². The van der Waals surface area contributed by atoms with Gasteiger partial charge in [0.1, 0.15) is 0 Å². The molecule has 0 aliphatic rings. The van der Waals surface area contributed by atoms with E-state index in [1.807, 2.05) is 25.9 Å². The Kier molecular flexibility index (Phi) is 4.67. The molecule has 0 fully saturated rings. The highest BCUT2D eigenvalue weighted by Crippen LogP contribution is 1.94. The fraction of sp³-hybridized carbons (Fsp3) is 1.00. The monoisotopic (exact) mass is 133 g/mol. The summed E-state index contributed by atoms with van der Waals surface area (Å²) in [6.07, 6.45) is -0.199. The molecule has 0 saturated carbocycles. The summed E-state index contributed by atoms with van der Waals surface area (Å²) < 4.78 is 10.1. The van der Waals surface area contributed by atoms with E-state index < -0.39 is 0 Å². The van der Waals surface area contributed by atoms with Gasteiger partial charge >= 0.3 is 0 Å². The second kappa shape index (κ2) is 4.73. The van der Waals surface area contributed by atoms with Crippen LogP contribution in [0.25, 0.3) is 0 Å². The quantitative estimate of drug-likeness (QED) is 0.522. The molecule has 0 spiro atoms. The summed E-state index contributed by atoms with van der Waals surface area (Å²) in [5, 5.41) is 0. The highest BCUT2D eigenvalue weighted by molar-refractivity contribution is 4.35. The molecule has 0 aromatic heterocycles. The van der Waals surface area contributed by atoms with Gasteiger partial charge in [-0.05, 0) is 21.0 Å². The number of nitrogens with zero attached hydrogens (tertiary/aromatic N) is 1. The van der Waals surface area contributed by atoms with Gasteiger partial charge in [-0.15, -0.1) is 0 Å². The average Bonchev–Trinajstić information content (AvgIpc) is 1.82. The first kappa shape index (κ1) is 8.88. The second-order valence-corrected chi connectivity index (χ2v) is 1.96. The third-order valence-electron chi connectivity index (χ3n) is 0.933. The van der Waals surface area contributed by atoms with E-state index in [0.29, 0.717) is 6.61 Å². The minimum Gasteiger partial charge on any atom is -0.343 e. The molecule has 1 atom stereocenters. The van der Waals surface area contributed by atoms with Crippen molar-refractivity contribution < 1.29 is 9.47 Å². The molecule has 0 amide bonds. The lowest BCUT2D eigenvalue weighted by molar-refractivity contribution is -0.193. The summed E-state index contributed by atoms with van der Waals surface area (Å²) in [6, 6.07) is 0. The summed E-state index contributed by atoms with van der Waals surface area (Å²) in [5.41, 5.74) is 0. The Morgan fingerprint density at radius 2 is 2.00 bits per heavy atom. The highest BCUT2D eigenvalue weighted by Gasteiger charge is 2.06. The maximum atomic E-state index is 5.16. The Balaban J connectivity index is 3.41. The van der Waals surface area contributed by atoms with E-state index in [4.69, 9.17) is 9.47 Å². The van der Waals surface area contributed by atoms with Crippen molar-refractivity contribution >= 4 is 0 Å². The van der Waals surface area contributed by atoms with E-state index in [2.05, 4.69) is 0 Å². The van der Waals surface area contributed by atoms with Crippen LogP contribution in [0, 0.1) is 0 Å². The largest absolute Gasteiger partial charge is 0.343 e. The van der Waals surface area contributed by atoms with Crippen LogP contribution in [-0.4, -0.2) is 39.1 Å². The van der Waals surface area contributed by atoms with Crippen LogP contribution in [0.3, 0.4) is 0 Å². The molecule has 0 bridgehead atoms. The van der Waals surface area contributed by atoms with Crippen molar-refractivity contribution in [3.05, 3.63) is 0 Å². The number of rotatable bonds is 4. The van der Waals surface area contributed by atoms with Gasteiger partial charge in [-0.25, -0.2) is 0 Å². The van der Waals surface area contributed by atoms with Crippen LogP contribution in [-0.2, 0) is 9.47 Å². The summed E-state index contributed by atoms with van der Waals surface area (Å²) in [7, 11) is 5.44. The molecule has 0 aromatic carbocycles.